The van der Waals surface area contributed by atoms with Gasteiger partial charge in [0.25, 0.3) is 0 Å². The van der Waals surface area contributed by atoms with Gasteiger partial charge in [-0.15, -0.1) is 11.2 Å². The summed E-state index contributed by atoms with van der Waals surface area (Å²) < 4.78 is 0. The molecule has 0 radical (unpaired) electrons. The Morgan fingerprint density at radius 1 is 1.15 bits per heavy atom. The minimum absolute atomic E-state index is 0.720. The molecule has 1 aromatic rings. The molecule has 72 valence electrons. The summed E-state index contributed by atoms with van der Waals surface area (Å²) in [6.07, 6.45) is 0. The van der Waals surface area contributed by atoms with E-state index >= 15 is 0 Å². The highest BCUT2D eigenvalue weighted by molar-refractivity contribution is 5.53. The first-order chi connectivity index (χ1) is 6.27. The summed E-state index contributed by atoms with van der Waals surface area (Å²) in [5.74, 6) is 0. The molecule has 0 atom stereocenters. The largest absolute Gasteiger partial charge is 0.299 e. The molecule has 0 unspecified atom stereocenters. The maximum absolute atomic E-state index is 8.57. The number of benzene rings is 1. The van der Waals surface area contributed by atoms with E-state index in [2.05, 4.69) is 5.43 Å². The van der Waals surface area contributed by atoms with Gasteiger partial charge < -0.3 is 0 Å². The number of hydrogen-bond acceptors (Lipinski definition) is 6. The van der Waals surface area contributed by atoms with Crippen molar-refractivity contribution in [2.45, 2.75) is 0 Å². The summed E-state index contributed by atoms with van der Waals surface area (Å²) in [4.78, 5) is 0. The molecule has 0 aliphatic heterocycles. The van der Waals surface area contributed by atoms with Crippen LogP contribution in [0.15, 0.2) is 24.3 Å². The average molecular weight is 184 g/mol. The second kappa shape index (κ2) is 4.63. The van der Waals surface area contributed by atoms with Crippen LogP contribution >= 0.6 is 0 Å². The Balaban J connectivity index is 2.69. The first-order valence-electron chi connectivity index (χ1n) is 3.66. The Labute approximate surface area is 75.6 Å². The van der Waals surface area contributed by atoms with Crippen LogP contribution in [0.4, 0.5) is 11.4 Å². The average Bonchev–Trinajstić information content (AvgIpc) is 2.18. The van der Waals surface area contributed by atoms with E-state index in [1.807, 2.05) is 11.2 Å². The monoisotopic (exact) mass is 184 g/mol. The fraction of sp³-hybridized carbons (Fsp3) is 0.143. The normalized spacial score (nSPS) is 9.77. The van der Waals surface area contributed by atoms with Gasteiger partial charge in [0.15, 0.2) is 0 Å². The van der Waals surface area contributed by atoms with E-state index in [0.29, 0.717) is 0 Å². The molecule has 13 heavy (non-hydrogen) atoms. The molecule has 6 heteroatoms. The van der Waals surface area contributed by atoms with Gasteiger partial charge >= 0.3 is 0 Å². The quantitative estimate of drug-likeness (QED) is 0.434. The van der Waals surface area contributed by atoms with Crippen LogP contribution < -0.4 is 21.6 Å². The Kier molecular flexibility index (Phi) is 3.47. The third-order valence-electron chi connectivity index (χ3n) is 1.60. The molecule has 0 aliphatic rings. The maximum Gasteiger partial charge on any atom is 0.0540 e. The highest BCUT2D eigenvalue weighted by atomic mass is 16.5. The molecule has 0 bridgehead atoms. The van der Waals surface area contributed by atoms with Crippen molar-refractivity contribution < 1.29 is 10.4 Å². The number of hydrogen-bond donors (Lipinski definition) is 5. The Bertz CT molecular complexity index is 251. The zero-order valence-electron chi connectivity index (χ0n) is 7.15. The maximum atomic E-state index is 8.57. The minimum Gasteiger partial charge on any atom is -0.299 e. The molecular formula is C7H12N4O2. The van der Waals surface area contributed by atoms with Crippen LogP contribution in [-0.2, 0) is 0 Å². The summed E-state index contributed by atoms with van der Waals surface area (Å²) in [5.41, 5.74) is 7.81. The van der Waals surface area contributed by atoms with Gasteiger partial charge in [0.05, 0.1) is 11.4 Å². The number of hydrazine groups is 2. The third kappa shape index (κ3) is 2.56. The molecule has 0 saturated heterocycles. The van der Waals surface area contributed by atoms with E-state index in [1.54, 1.807) is 31.3 Å². The number of anilines is 2. The summed E-state index contributed by atoms with van der Waals surface area (Å²) in [6.45, 7) is 0. The van der Waals surface area contributed by atoms with E-state index in [9.17, 15) is 0 Å². The van der Waals surface area contributed by atoms with Gasteiger partial charge in [-0.05, 0) is 24.3 Å². The molecule has 0 heterocycles. The number of nitrogens with one attached hydrogen (secondary N) is 3. The predicted octanol–water partition coefficient (Wildman–Crippen LogP) is 0.322. The van der Waals surface area contributed by atoms with Crippen LogP contribution in [0.5, 0.6) is 0 Å². The van der Waals surface area contributed by atoms with Crippen molar-refractivity contribution in [3.8, 4) is 0 Å². The van der Waals surface area contributed by atoms with Crippen LogP contribution in [0, 0.1) is 0 Å². The van der Waals surface area contributed by atoms with Crippen LogP contribution in [0.1, 0.15) is 0 Å². The Morgan fingerprint density at radius 2 is 1.77 bits per heavy atom. The van der Waals surface area contributed by atoms with Gasteiger partial charge in [0.1, 0.15) is 0 Å². The molecule has 0 saturated carbocycles. The summed E-state index contributed by atoms with van der Waals surface area (Å²) >= 11 is 0. The summed E-state index contributed by atoms with van der Waals surface area (Å²) in [5, 5.41) is 18.3. The Morgan fingerprint density at radius 3 is 2.23 bits per heavy atom. The van der Waals surface area contributed by atoms with E-state index in [1.165, 1.54) is 5.01 Å². The molecule has 6 nitrogen and oxygen atoms in total. The standard InChI is InChI=1S/C7H12N4O2/c1-11(10-13)7-4-2-6(3-5-7)8-9-12/h2-5,8-10,12-13H,1H3. The van der Waals surface area contributed by atoms with Gasteiger partial charge in [-0.1, -0.05) is 0 Å². The van der Waals surface area contributed by atoms with E-state index in [-0.39, 0.29) is 0 Å². The molecule has 1 rings (SSSR count). The molecule has 0 amide bonds. The van der Waals surface area contributed by atoms with Crippen molar-refractivity contribution in [1.29, 1.82) is 0 Å². The second-order valence-electron chi connectivity index (χ2n) is 2.44. The minimum atomic E-state index is 0.720. The van der Waals surface area contributed by atoms with Gasteiger partial charge in [-0.2, -0.15) is 0 Å². The van der Waals surface area contributed by atoms with Gasteiger partial charge in [-0.25, -0.2) is 0 Å². The van der Waals surface area contributed by atoms with Crippen molar-refractivity contribution in [1.82, 2.24) is 11.2 Å². The van der Waals surface area contributed by atoms with E-state index < -0.39 is 0 Å². The van der Waals surface area contributed by atoms with E-state index in [0.717, 1.165) is 11.4 Å². The van der Waals surface area contributed by atoms with Crippen LogP contribution in [0.3, 0.4) is 0 Å². The molecule has 0 aromatic heterocycles. The van der Waals surface area contributed by atoms with Crippen LogP contribution in [0.2, 0.25) is 0 Å². The molecule has 0 fully saturated rings. The first kappa shape index (κ1) is 9.75. The number of nitrogens with zero attached hydrogens (tertiary/aromatic N) is 1. The van der Waals surface area contributed by atoms with Crippen molar-refractivity contribution in [2.24, 2.45) is 0 Å². The lowest BCUT2D eigenvalue weighted by Gasteiger charge is -2.16. The fourth-order valence-corrected chi connectivity index (χ4v) is 0.891. The van der Waals surface area contributed by atoms with Crippen molar-refractivity contribution in [3.05, 3.63) is 24.3 Å². The smallest absolute Gasteiger partial charge is 0.0540 e. The van der Waals surface area contributed by atoms with Gasteiger partial charge in [0, 0.05) is 7.05 Å². The zero-order chi connectivity index (χ0) is 9.68. The third-order valence-corrected chi connectivity index (χ3v) is 1.60. The first-order valence-corrected chi connectivity index (χ1v) is 3.66. The topological polar surface area (TPSA) is 79.8 Å². The lowest BCUT2D eigenvalue weighted by Crippen LogP contribution is -2.30. The molecular weight excluding hydrogens is 172 g/mol. The Hall–Kier alpha value is -1.34. The lowest BCUT2D eigenvalue weighted by molar-refractivity contribution is 0.161. The fourth-order valence-electron chi connectivity index (χ4n) is 0.891. The predicted molar refractivity (Wildman–Crippen MR) is 48.3 cm³/mol. The van der Waals surface area contributed by atoms with Crippen molar-refractivity contribution in [3.63, 3.8) is 0 Å². The van der Waals surface area contributed by atoms with Crippen molar-refractivity contribution >= 4 is 11.4 Å². The molecule has 0 aliphatic carbocycles. The SMILES string of the molecule is CN(NO)c1ccc(NNO)cc1. The number of rotatable bonds is 4. The molecule has 0 spiro atoms. The van der Waals surface area contributed by atoms with Crippen LogP contribution in [0.25, 0.3) is 0 Å². The lowest BCUT2D eigenvalue weighted by atomic mass is 10.3. The van der Waals surface area contributed by atoms with Crippen molar-refractivity contribution in [2.75, 3.05) is 17.5 Å². The summed E-state index contributed by atoms with van der Waals surface area (Å²) in [6, 6.07) is 7.02. The second-order valence-corrected chi connectivity index (χ2v) is 2.44. The summed E-state index contributed by atoms with van der Waals surface area (Å²) in [7, 11) is 1.67. The zero-order valence-corrected chi connectivity index (χ0v) is 7.15. The molecule has 5 N–H and O–H groups in total. The van der Waals surface area contributed by atoms with Gasteiger partial charge in [-0.3, -0.25) is 20.8 Å². The van der Waals surface area contributed by atoms with Crippen LogP contribution in [-0.4, -0.2) is 17.5 Å². The highest BCUT2D eigenvalue weighted by Crippen LogP contribution is 2.14. The van der Waals surface area contributed by atoms with E-state index in [4.69, 9.17) is 10.4 Å². The van der Waals surface area contributed by atoms with Gasteiger partial charge in [0.2, 0.25) is 0 Å². The highest BCUT2D eigenvalue weighted by Gasteiger charge is 1.97. The molecule has 1 aromatic carbocycles.